The Labute approximate surface area is 189 Å². The summed E-state index contributed by atoms with van der Waals surface area (Å²) < 4.78 is 49.1. The van der Waals surface area contributed by atoms with Crippen molar-refractivity contribution in [3.05, 3.63) is 78.2 Å². The molecule has 1 nitrogen and oxygen atoms in total. The van der Waals surface area contributed by atoms with Crippen LogP contribution in [0.2, 0.25) is 0 Å². The Morgan fingerprint density at radius 1 is 0.938 bits per heavy atom. The molecule has 0 heterocycles. The molecule has 0 amide bonds. The Kier molecular flexibility index (Phi) is 7.07. The lowest BCUT2D eigenvalue weighted by Crippen LogP contribution is -2.30. The third-order valence-corrected chi connectivity index (χ3v) is 7.28. The van der Waals surface area contributed by atoms with Crippen molar-refractivity contribution in [1.29, 1.82) is 0 Å². The summed E-state index contributed by atoms with van der Waals surface area (Å²) in [6, 6.07) is 7.68. The Morgan fingerprint density at radius 2 is 1.69 bits per heavy atom. The van der Waals surface area contributed by atoms with E-state index in [1.807, 2.05) is 6.07 Å². The van der Waals surface area contributed by atoms with Gasteiger partial charge in [0.1, 0.15) is 12.4 Å². The Hall–Kier alpha value is -2.49. The van der Waals surface area contributed by atoms with Gasteiger partial charge >= 0.3 is 0 Å². The molecule has 4 heteroatoms. The van der Waals surface area contributed by atoms with Gasteiger partial charge in [-0.1, -0.05) is 36.9 Å². The lowest BCUT2D eigenvalue weighted by molar-refractivity contribution is 0.133. The average molecular weight is 441 g/mol. The predicted octanol–water partition coefficient (Wildman–Crippen LogP) is 8.21. The molecule has 2 aliphatic carbocycles. The van der Waals surface area contributed by atoms with Gasteiger partial charge in [0.05, 0.1) is 0 Å². The van der Waals surface area contributed by atoms with Crippen LogP contribution in [0.5, 0.6) is 5.75 Å². The van der Waals surface area contributed by atoms with Crippen LogP contribution in [-0.4, -0.2) is 6.61 Å². The van der Waals surface area contributed by atoms with Crippen molar-refractivity contribution < 1.29 is 17.9 Å². The maximum Gasteiger partial charge on any atom is 0.201 e. The summed E-state index contributed by atoms with van der Waals surface area (Å²) in [4.78, 5) is 0. The van der Waals surface area contributed by atoms with Crippen LogP contribution in [-0.2, 0) is 0 Å². The van der Waals surface area contributed by atoms with E-state index >= 15 is 4.39 Å². The van der Waals surface area contributed by atoms with E-state index in [2.05, 4.69) is 25.7 Å². The fourth-order valence-electron chi connectivity index (χ4n) is 5.68. The van der Waals surface area contributed by atoms with Crippen molar-refractivity contribution >= 4 is 0 Å². The van der Waals surface area contributed by atoms with Crippen LogP contribution < -0.4 is 4.74 Å². The second-order valence-corrected chi connectivity index (χ2v) is 9.21. The molecule has 0 bridgehead atoms. The first-order chi connectivity index (χ1) is 15.5. The summed E-state index contributed by atoms with van der Waals surface area (Å²) in [5, 5.41) is 0. The highest BCUT2D eigenvalue weighted by atomic mass is 19.2. The van der Waals surface area contributed by atoms with Gasteiger partial charge in [-0.3, -0.25) is 0 Å². The Balaban J connectivity index is 1.50. The van der Waals surface area contributed by atoms with Gasteiger partial charge in [-0.2, -0.15) is 4.39 Å². The first-order valence-corrected chi connectivity index (χ1v) is 11.7. The van der Waals surface area contributed by atoms with Crippen molar-refractivity contribution in [2.24, 2.45) is 17.8 Å². The summed E-state index contributed by atoms with van der Waals surface area (Å²) >= 11 is 0. The van der Waals surface area contributed by atoms with Gasteiger partial charge in [0.15, 0.2) is 11.6 Å². The summed E-state index contributed by atoms with van der Waals surface area (Å²) in [6.45, 7) is 5.65. The molecular formula is C28H31F3O. The molecule has 2 saturated carbocycles. The zero-order chi connectivity index (χ0) is 22.7. The van der Waals surface area contributed by atoms with Crippen LogP contribution in [0, 0.1) is 35.2 Å². The van der Waals surface area contributed by atoms with E-state index in [1.165, 1.54) is 50.0 Å². The summed E-state index contributed by atoms with van der Waals surface area (Å²) in [6.07, 6.45) is 13.0. The lowest BCUT2D eigenvalue weighted by Gasteiger charge is -2.41. The molecule has 0 N–H and O–H groups in total. The van der Waals surface area contributed by atoms with E-state index in [0.29, 0.717) is 17.8 Å². The van der Waals surface area contributed by atoms with E-state index in [4.69, 9.17) is 4.74 Å². The molecule has 2 aromatic rings. The van der Waals surface area contributed by atoms with Gasteiger partial charge in [-0.05, 0) is 92.9 Å². The molecule has 2 aromatic carbocycles. The molecule has 4 rings (SSSR count). The highest BCUT2D eigenvalue weighted by Gasteiger charge is 2.35. The van der Waals surface area contributed by atoms with Crippen LogP contribution >= 0.6 is 0 Å². The van der Waals surface area contributed by atoms with Gasteiger partial charge in [0, 0.05) is 11.1 Å². The molecule has 0 saturated heterocycles. The van der Waals surface area contributed by atoms with Crippen molar-refractivity contribution in [3.8, 4) is 16.9 Å². The summed E-state index contributed by atoms with van der Waals surface area (Å²) in [7, 11) is 0. The van der Waals surface area contributed by atoms with Crippen LogP contribution in [0.15, 0.2) is 55.1 Å². The van der Waals surface area contributed by atoms with Crippen LogP contribution in [0.4, 0.5) is 13.2 Å². The number of benzene rings is 2. The summed E-state index contributed by atoms with van der Waals surface area (Å²) in [5.74, 6) is -0.426. The molecule has 2 aliphatic rings. The molecule has 4 atom stereocenters. The van der Waals surface area contributed by atoms with E-state index in [0.717, 1.165) is 24.3 Å². The molecule has 32 heavy (non-hydrogen) atoms. The third kappa shape index (κ3) is 4.65. The normalized spacial score (nSPS) is 25.5. The van der Waals surface area contributed by atoms with Gasteiger partial charge in [-0.25, -0.2) is 8.78 Å². The fraction of sp³-hybridized carbons (Fsp3) is 0.429. The molecule has 0 spiro atoms. The third-order valence-electron chi connectivity index (χ3n) is 7.28. The van der Waals surface area contributed by atoms with E-state index in [1.54, 1.807) is 6.07 Å². The molecule has 2 fully saturated rings. The number of fused-ring (bicyclic) bond motifs is 1. The highest BCUT2D eigenvalue weighted by Crippen LogP contribution is 2.48. The number of allylic oxidation sites excluding steroid dienone is 2. The topological polar surface area (TPSA) is 9.23 Å². The number of hydrogen-bond donors (Lipinski definition) is 0. The van der Waals surface area contributed by atoms with Gasteiger partial charge in [-0.15, -0.1) is 0 Å². The molecule has 0 radical (unpaired) electrons. The van der Waals surface area contributed by atoms with Gasteiger partial charge < -0.3 is 4.74 Å². The maximum atomic E-state index is 15.0. The van der Waals surface area contributed by atoms with Crippen LogP contribution in [0.3, 0.4) is 0 Å². The molecular weight excluding hydrogens is 409 g/mol. The number of halogens is 3. The molecule has 4 unspecified atom stereocenters. The zero-order valence-corrected chi connectivity index (χ0v) is 18.6. The zero-order valence-electron chi connectivity index (χ0n) is 18.6. The Morgan fingerprint density at radius 3 is 2.44 bits per heavy atom. The molecule has 0 aliphatic heterocycles. The van der Waals surface area contributed by atoms with Crippen molar-refractivity contribution in [3.63, 3.8) is 0 Å². The SMILES string of the molecule is C=CCOc1ccc(-c2ccc(C3CCC4CC(/C=C/C)CCC4C3)cc2F)c(F)c1F. The average Bonchev–Trinajstić information content (AvgIpc) is 2.80. The molecule has 0 aromatic heterocycles. The minimum atomic E-state index is -1.11. The smallest absolute Gasteiger partial charge is 0.201 e. The van der Waals surface area contributed by atoms with E-state index < -0.39 is 17.5 Å². The Bertz CT molecular complexity index is 996. The minimum absolute atomic E-state index is 0.0674. The standard InChI is InChI=1S/C28H31F3O/c1-3-5-18-6-7-20-16-21(9-8-19(20)15-18)22-10-11-23(25(29)17-22)24-12-13-26(32-14-4-2)28(31)27(24)30/h3-5,10-13,17-21H,2,6-9,14-16H2,1H3/b5-3+. The summed E-state index contributed by atoms with van der Waals surface area (Å²) in [5.41, 5.74) is 0.941. The van der Waals surface area contributed by atoms with Gasteiger partial charge in [0.25, 0.3) is 0 Å². The maximum absolute atomic E-state index is 15.0. The van der Waals surface area contributed by atoms with Crippen molar-refractivity contribution in [1.82, 2.24) is 0 Å². The predicted molar refractivity (Wildman–Crippen MR) is 123 cm³/mol. The quantitative estimate of drug-likeness (QED) is 0.411. The second kappa shape index (κ2) is 9.97. The van der Waals surface area contributed by atoms with Crippen molar-refractivity contribution in [2.45, 2.75) is 51.4 Å². The highest BCUT2D eigenvalue weighted by molar-refractivity contribution is 5.66. The number of hydrogen-bond acceptors (Lipinski definition) is 1. The van der Waals surface area contributed by atoms with E-state index in [-0.39, 0.29) is 23.5 Å². The monoisotopic (exact) mass is 440 g/mol. The second-order valence-electron chi connectivity index (χ2n) is 9.21. The van der Waals surface area contributed by atoms with Crippen molar-refractivity contribution in [2.75, 3.05) is 6.61 Å². The first-order valence-electron chi connectivity index (χ1n) is 11.7. The molecule has 170 valence electrons. The van der Waals surface area contributed by atoms with Gasteiger partial charge in [0.2, 0.25) is 5.82 Å². The van der Waals surface area contributed by atoms with E-state index in [9.17, 15) is 8.78 Å². The van der Waals surface area contributed by atoms with Crippen LogP contribution in [0.1, 0.15) is 56.9 Å². The minimum Gasteiger partial charge on any atom is -0.486 e. The lowest BCUT2D eigenvalue weighted by atomic mass is 9.64. The largest absolute Gasteiger partial charge is 0.486 e. The van der Waals surface area contributed by atoms with Crippen LogP contribution in [0.25, 0.3) is 11.1 Å². The first kappa shape index (κ1) is 22.7. The number of ether oxygens (including phenoxy) is 1. The fourth-order valence-corrected chi connectivity index (χ4v) is 5.68. The number of rotatable bonds is 6.